The predicted octanol–water partition coefficient (Wildman–Crippen LogP) is 1.66. The van der Waals surface area contributed by atoms with Gasteiger partial charge in [-0.2, -0.15) is 0 Å². The summed E-state index contributed by atoms with van der Waals surface area (Å²) in [4.78, 5) is 27.3. The molecule has 2 rings (SSSR count). The van der Waals surface area contributed by atoms with E-state index in [0.717, 1.165) is 16.7 Å². The Hall–Kier alpha value is -2.10. The van der Waals surface area contributed by atoms with E-state index in [9.17, 15) is 9.59 Å². The zero-order chi connectivity index (χ0) is 12.6. The van der Waals surface area contributed by atoms with Gasteiger partial charge in [0.1, 0.15) is 0 Å². The second-order valence-electron chi connectivity index (χ2n) is 4.25. The highest BCUT2D eigenvalue weighted by atomic mass is 16.2. The molecule has 2 N–H and O–H groups in total. The van der Waals surface area contributed by atoms with Gasteiger partial charge in [0.05, 0.1) is 5.69 Å². The van der Waals surface area contributed by atoms with Crippen LogP contribution in [-0.2, 0) is 0 Å². The predicted molar refractivity (Wildman–Crippen MR) is 67.3 cm³/mol. The fourth-order valence-electron chi connectivity index (χ4n) is 1.86. The number of aromatic nitrogens is 2. The molecule has 17 heavy (non-hydrogen) atoms. The molecule has 4 nitrogen and oxygen atoms in total. The number of H-pyrrole nitrogens is 2. The van der Waals surface area contributed by atoms with Crippen LogP contribution in [0, 0.1) is 20.8 Å². The van der Waals surface area contributed by atoms with Gasteiger partial charge in [-0.15, -0.1) is 0 Å². The van der Waals surface area contributed by atoms with Crippen molar-refractivity contribution < 1.29 is 0 Å². The molecular weight excluding hydrogens is 216 g/mol. The van der Waals surface area contributed by atoms with Crippen LogP contribution in [0.2, 0.25) is 0 Å². The molecule has 0 amide bonds. The van der Waals surface area contributed by atoms with Crippen LogP contribution in [0.3, 0.4) is 0 Å². The van der Waals surface area contributed by atoms with Crippen molar-refractivity contribution >= 4 is 0 Å². The van der Waals surface area contributed by atoms with Gasteiger partial charge in [0, 0.05) is 11.6 Å². The lowest BCUT2D eigenvalue weighted by Gasteiger charge is -2.09. The third-order valence-electron chi connectivity index (χ3n) is 2.89. The quantitative estimate of drug-likeness (QED) is 0.782. The van der Waals surface area contributed by atoms with Gasteiger partial charge in [-0.3, -0.25) is 9.78 Å². The molecule has 0 aliphatic carbocycles. The van der Waals surface area contributed by atoms with E-state index in [4.69, 9.17) is 0 Å². The summed E-state index contributed by atoms with van der Waals surface area (Å²) in [7, 11) is 0. The van der Waals surface area contributed by atoms with E-state index in [1.54, 1.807) is 0 Å². The van der Waals surface area contributed by atoms with Crippen LogP contribution in [0.5, 0.6) is 0 Å². The Bertz CT molecular complexity index is 652. The summed E-state index contributed by atoms with van der Waals surface area (Å²) in [6.07, 6.45) is 0. The van der Waals surface area contributed by atoms with Crippen LogP contribution in [0.15, 0.2) is 27.8 Å². The monoisotopic (exact) mass is 230 g/mol. The number of hydrogen-bond donors (Lipinski definition) is 2. The normalized spacial score (nSPS) is 10.5. The highest BCUT2D eigenvalue weighted by Gasteiger charge is 2.06. The number of aromatic amines is 2. The lowest BCUT2D eigenvalue weighted by atomic mass is 9.99. The number of aryl methyl sites for hydroxylation is 3. The van der Waals surface area contributed by atoms with Gasteiger partial charge in [0.15, 0.2) is 0 Å². The van der Waals surface area contributed by atoms with Crippen molar-refractivity contribution in [2.75, 3.05) is 0 Å². The second kappa shape index (κ2) is 4.05. The van der Waals surface area contributed by atoms with Crippen LogP contribution >= 0.6 is 0 Å². The fourth-order valence-corrected chi connectivity index (χ4v) is 1.86. The van der Waals surface area contributed by atoms with Crippen LogP contribution in [-0.4, -0.2) is 9.97 Å². The molecule has 4 heteroatoms. The van der Waals surface area contributed by atoms with Crippen LogP contribution in [0.25, 0.3) is 11.3 Å². The standard InChI is InChI=1S/C13H14N2O2/c1-7-4-9(3)10(5-8(7)2)11-6-12(16)15-13(17)14-11/h4-6H,1-3H3,(H2,14,15,16,17). The molecule has 88 valence electrons. The fraction of sp³-hybridized carbons (Fsp3) is 0.231. The Kier molecular flexibility index (Phi) is 2.71. The third-order valence-corrected chi connectivity index (χ3v) is 2.89. The largest absolute Gasteiger partial charge is 0.326 e. The van der Waals surface area contributed by atoms with Crippen molar-refractivity contribution in [1.82, 2.24) is 9.97 Å². The first kappa shape index (κ1) is 11.4. The summed E-state index contributed by atoms with van der Waals surface area (Å²) in [6.45, 7) is 6.00. The van der Waals surface area contributed by atoms with E-state index in [1.807, 2.05) is 32.9 Å². The molecule has 0 atom stereocenters. The van der Waals surface area contributed by atoms with Crippen LogP contribution in [0.4, 0.5) is 0 Å². The Morgan fingerprint density at radius 3 is 2.12 bits per heavy atom. The lowest BCUT2D eigenvalue weighted by molar-refractivity contribution is 1.04. The summed E-state index contributed by atoms with van der Waals surface area (Å²) < 4.78 is 0. The summed E-state index contributed by atoms with van der Waals surface area (Å²) in [6, 6.07) is 5.43. The Balaban J connectivity index is 2.72. The van der Waals surface area contributed by atoms with Crippen LogP contribution < -0.4 is 11.2 Å². The van der Waals surface area contributed by atoms with Crippen molar-refractivity contribution in [3.8, 4) is 11.3 Å². The van der Waals surface area contributed by atoms with Gasteiger partial charge in [-0.05, 0) is 43.5 Å². The van der Waals surface area contributed by atoms with Gasteiger partial charge in [-0.25, -0.2) is 4.79 Å². The topological polar surface area (TPSA) is 65.7 Å². The molecule has 2 aromatic rings. The Morgan fingerprint density at radius 1 is 0.824 bits per heavy atom. The summed E-state index contributed by atoms with van der Waals surface area (Å²) in [5.41, 5.74) is 3.93. The molecule has 0 unspecified atom stereocenters. The summed E-state index contributed by atoms with van der Waals surface area (Å²) in [5, 5.41) is 0. The summed E-state index contributed by atoms with van der Waals surface area (Å²) >= 11 is 0. The Morgan fingerprint density at radius 2 is 1.47 bits per heavy atom. The minimum absolute atomic E-state index is 0.388. The zero-order valence-electron chi connectivity index (χ0n) is 10.0. The molecule has 0 fully saturated rings. The van der Waals surface area contributed by atoms with E-state index in [-0.39, 0.29) is 5.56 Å². The van der Waals surface area contributed by atoms with Gasteiger partial charge in [0.25, 0.3) is 5.56 Å². The maximum atomic E-state index is 11.3. The van der Waals surface area contributed by atoms with E-state index in [1.165, 1.54) is 11.6 Å². The smallest absolute Gasteiger partial charge is 0.307 e. The first-order chi connectivity index (χ1) is 7.97. The first-order valence-corrected chi connectivity index (χ1v) is 5.39. The van der Waals surface area contributed by atoms with Crippen molar-refractivity contribution in [3.05, 3.63) is 55.7 Å². The number of nitrogens with one attached hydrogen (secondary N) is 2. The van der Waals surface area contributed by atoms with Gasteiger partial charge < -0.3 is 4.98 Å². The van der Waals surface area contributed by atoms with Crippen molar-refractivity contribution in [3.63, 3.8) is 0 Å². The summed E-state index contributed by atoms with van der Waals surface area (Å²) in [5.74, 6) is 0. The number of rotatable bonds is 1. The molecule has 0 aliphatic rings. The molecule has 0 saturated heterocycles. The van der Waals surface area contributed by atoms with E-state index < -0.39 is 5.69 Å². The molecule has 1 heterocycles. The molecular formula is C13H14N2O2. The third kappa shape index (κ3) is 2.20. The average molecular weight is 230 g/mol. The average Bonchev–Trinajstić information content (AvgIpc) is 2.22. The molecule has 0 saturated carbocycles. The SMILES string of the molecule is Cc1cc(C)c(-c2cc(=O)[nH]c(=O)[nH]2)cc1C. The molecule has 0 aliphatic heterocycles. The van der Waals surface area contributed by atoms with Crippen molar-refractivity contribution in [1.29, 1.82) is 0 Å². The molecule has 1 aromatic heterocycles. The molecule has 0 bridgehead atoms. The number of benzene rings is 1. The van der Waals surface area contributed by atoms with Crippen LogP contribution in [0.1, 0.15) is 16.7 Å². The highest BCUT2D eigenvalue weighted by Crippen LogP contribution is 2.23. The molecule has 0 spiro atoms. The minimum Gasteiger partial charge on any atom is -0.307 e. The minimum atomic E-state index is -0.481. The zero-order valence-corrected chi connectivity index (χ0v) is 10.0. The van der Waals surface area contributed by atoms with E-state index in [2.05, 4.69) is 9.97 Å². The molecule has 0 radical (unpaired) electrons. The number of hydrogen-bond acceptors (Lipinski definition) is 2. The second-order valence-corrected chi connectivity index (χ2v) is 4.25. The maximum Gasteiger partial charge on any atom is 0.326 e. The van der Waals surface area contributed by atoms with Gasteiger partial charge in [0.2, 0.25) is 0 Å². The van der Waals surface area contributed by atoms with Crippen molar-refractivity contribution in [2.24, 2.45) is 0 Å². The highest BCUT2D eigenvalue weighted by molar-refractivity contribution is 5.64. The van der Waals surface area contributed by atoms with E-state index in [0.29, 0.717) is 5.69 Å². The van der Waals surface area contributed by atoms with Gasteiger partial charge in [-0.1, -0.05) is 6.07 Å². The van der Waals surface area contributed by atoms with Gasteiger partial charge >= 0.3 is 5.69 Å². The maximum absolute atomic E-state index is 11.3. The molecule has 1 aromatic carbocycles. The lowest BCUT2D eigenvalue weighted by Crippen LogP contribution is -2.21. The Labute approximate surface area is 98.3 Å². The van der Waals surface area contributed by atoms with E-state index >= 15 is 0 Å². The van der Waals surface area contributed by atoms with Crippen molar-refractivity contribution in [2.45, 2.75) is 20.8 Å². The first-order valence-electron chi connectivity index (χ1n) is 5.39.